The molecule has 0 aliphatic carbocycles. The Morgan fingerprint density at radius 2 is 1.08 bits per heavy atom. The fourth-order valence-electron chi connectivity index (χ4n) is 1.96. The van der Waals surface area contributed by atoms with Gasteiger partial charge in [-0.15, -0.1) is 0 Å². The standard InChI is InChI=1S/C12H26N2O3.C8H15NO3.C4H11NO.C4H6O4.C2H3BO2.Na/c1-12(2,3)17-11(15)14(5)8-7-13(4)9-10-16-6;1-8(2,3)12-7(11)9(4)5-6-10;1-5-3-4-6-2;1-3(5)7-8-4(2)6;1-2(4)5-3;/h7-10H2,1-6H3;6H,5H2,1-4H3;5H,3-4H2,1-2H3;1-2H3;1H3;/q;;;;-1;+1. The van der Waals surface area contributed by atoms with Crippen LogP contribution in [0.1, 0.15) is 62.3 Å². The first-order valence-electron chi connectivity index (χ1n) is 14.8. The van der Waals surface area contributed by atoms with Crippen LogP contribution in [0.3, 0.4) is 0 Å². The molecule has 0 atom stereocenters. The average molecular weight is 720 g/mol. The van der Waals surface area contributed by atoms with Crippen LogP contribution in [-0.4, -0.2) is 159 Å². The second-order valence-electron chi connectivity index (χ2n) is 11.6. The van der Waals surface area contributed by atoms with Gasteiger partial charge in [0.1, 0.15) is 17.5 Å². The van der Waals surface area contributed by atoms with Crippen LogP contribution >= 0.6 is 0 Å². The Labute approximate surface area is 316 Å². The van der Waals surface area contributed by atoms with Gasteiger partial charge in [-0.05, 0) is 55.6 Å². The molecule has 0 aliphatic heterocycles. The number of carbonyl (C=O) groups is 6. The first-order valence-corrected chi connectivity index (χ1v) is 14.8. The van der Waals surface area contributed by atoms with Crippen molar-refractivity contribution in [3.05, 3.63) is 0 Å². The molecule has 2 amide bonds. The summed E-state index contributed by atoms with van der Waals surface area (Å²) in [6.07, 6.45) is -0.101. The van der Waals surface area contributed by atoms with E-state index in [0.717, 1.165) is 40.1 Å². The zero-order valence-corrected chi connectivity index (χ0v) is 34.8. The molecule has 49 heavy (non-hydrogen) atoms. The number of likely N-dealkylation sites (N-methyl/N-ethyl adjacent to an activating group) is 4. The second-order valence-corrected chi connectivity index (χ2v) is 11.6. The smallest absolute Gasteiger partial charge is 0.793 e. The van der Waals surface area contributed by atoms with Crippen LogP contribution in [0.15, 0.2) is 0 Å². The van der Waals surface area contributed by atoms with Crippen LogP contribution in [0.4, 0.5) is 9.59 Å². The fourth-order valence-corrected chi connectivity index (χ4v) is 1.96. The van der Waals surface area contributed by atoms with Crippen LogP contribution in [0.2, 0.25) is 0 Å². The molecule has 0 heterocycles. The molecule has 0 aromatic heterocycles. The van der Waals surface area contributed by atoms with Crippen LogP contribution in [0.25, 0.3) is 0 Å². The monoisotopic (exact) mass is 719 g/mol. The number of hydrogen-bond donors (Lipinski definition) is 1. The van der Waals surface area contributed by atoms with Gasteiger partial charge in [-0.3, -0.25) is 4.79 Å². The zero-order chi connectivity index (χ0) is 38.9. The van der Waals surface area contributed by atoms with E-state index >= 15 is 0 Å². The van der Waals surface area contributed by atoms with Crippen molar-refractivity contribution in [1.82, 2.24) is 20.0 Å². The van der Waals surface area contributed by atoms with E-state index in [-0.39, 0.29) is 42.2 Å². The summed E-state index contributed by atoms with van der Waals surface area (Å²) < 4.78 is 23.6. The van der Waals surface area contributed by atoms with Gasteiger partial charge in [0.25, 0.3) is 0 Å². The van der Waals surface area contributed by atoms with Gasteiger partial charge in [0.05, 0.1) is 19.8 Å². The van der Waals surface area contributed by atoms with Gasteiger partial charge in [-0.1, -0.05) is 0 Å². The van der Waals surface area contributed by atoms with Crippen molar-refractivity contribution in [3.8, 4) is 0 Å². The third-order valence-corrected chi connectivity index (χ3v) is 4.25. The van der Waals surface area contributed by atoms with Gasteiger partial charge in [-0.25, -0.2) is 29.0 Å². The van der Waals surface area contributed by atoms with E-state index in [1.54, 1.807) is 46.9 Å². The van der Waals surface area contributed by atoms with Gasteiger partial charge in [-0.2, -0.15) is 0 Å². The van der Waals surface area contributed by atoms with E-state index in [2.05, 4.69) is 32.7 Å². The molecule has 0 saturated carbocycles. The minimum atomic E-state index is -0.639. The molecule has 0 aliphatic rings. The van der Waals surface area contributed by atoms with E-state index in [1.807, 2.05) is 34.9 Å². The maximum Gasteiger partial charge on any atom is 1.00 e. The topological polar surface area (TPSA) is 189 Å². The third-order valence-electron chi connectivity index (χ3n) is 4.25. The molecule has 1 N–H and O–H groups in total. The Hall–Kier alpha value is -2.48. The molecule has 0 rings (SSSR count). The van der Waals surface area contributed by atoms with Crippen molar-refractivity contribution in [2.75, 3.05) is 88.3 Å². The number of methoxy groups -OCH3 is 2. The molecular weight excluding hydrogens is 658 g/mol. The number of amides is 2. The maximum atomic E-state index is 11.6. The Balaban J connectivity index is -0.000000126. The number of ether oxygens (including phenoxy) is 4. The van der Waals surface area contributed by atoms with Gasteiger partial charge in [0.2, 0.25) is 5.97 Å². The Kier molecular flexibility index (Phi) is 44.1. The zero-order valence-electron chi connectivity index (χ0n) is 32.8. The number of nitrogens with one attached hydrogen (secondary N) is 1. The molecule has 0 unspecified atom stereocenters. The fraction of sp³-hybridized carbons (Fsp3) is 0.800. The van der Waals surface area contributed by atoms with Crippen molar-refractivity contribution in [3.63, 3.8) is 0 Å². The molecule has 19 heteroatoms. The second kappa shape index (κ2) is 36.8. The summed E-state index contributed by atoms with van der Waals surface area (Å²) in [5.74, 6) is -1.74. The summed E-state index contributed by atoms with van der Waals surface area (Å²) in [5, 5.41) is 2.94. The Bertz CT molecular complexity index is 856. The normalized spacial score (nSPS) is 9.73. The molecule has 0 aromatic carbocycles. The minimum absolute atomic E-state index is 0. The number of aldehydes is 1. The molecule has 17 nitrogen and oxygen atoms in total. The molecule has 0 bridgehead atoms. The Morgan fingerprint density at radius 3 is 1.35 bits per heavy atom. The summed E-state index contributed by atoms with van der Waals surface area (Å²) in [6.45, 7) is 19.3. The molecule has 0 fully saturated rings. The first-order chi connectivity index (χ1) is 21.9. The third kappa shape index (κ3) is 61.2. The largest absolute Gasteiger partial charge is 1.00 e. The minimum Gasteiger partial charge on any atom is -0.793 e. The molecule has 0 spiro atoms. The Morgan fingerprint density at radius 1 is 0.694 bits per heavy atom. The van der Waals surface area contributed by atoms with E-state index in [0.29, 0.717) is 19.4 Å². The molecule has 0 saturated heterocycles. The van der Waals surface area contributed by atoms with E-state index in [1.165, 1.54) is 18.9 Å². The quantitative estimate of drug-likeness (QED) is 0.0900. The van der Waals surface area contributed by atoms with Crippen LogP contribution in [-0.2, 0) is 52.6 Å². The van der Waals surface area contributed by atoms with E-state index < -0.39 is 35.2 Å². The molecule has 0 aromatic rings. The maximum absolute atomic E-state index is 11.6. The van der Waals surface area contributed by atoms with Crippen molar-refractivity contribution in [2.24, 2.45) is 0 Å². The molecule has 283 valence electrons. The molecular formula is C30H61BN4NaO13. The van der Waals surface area contributed by atoms with Crippen molar-refractivity contribution < 1.29 is 91.7 Å². The van der Waals surface area contributed by atoms with Crippen LogP contribution in [0.5, 0.6) is 0 Å². The summed E-state index contributed by atoms with van der Waals surface area (Å²) >= 11 is 0. The molecule has 3 radical (unpaired) electrons. The van der Waals surface area contributed by atoms with E-state index in [9.17, 15) is 28.8 Å². The van der Waals surface area contributed by atoms with Gasteiger partial charge in [0, 0.05) is 75.3 Å². The summed E-state index contributed by atoms with van der Waals surface area (Å²) in [5.41, 5.74) is -0.943. The first kappa shape index (κ1) is 58.7. The van der Waals surface area contributed by atoms with Crippen molar-refractivity contribution in [2.45, 2.75) is 73.5 Å². The number of carbonyl (C=O) groups excluding carboxylic acids is 6. The van der Waals surface area contributed by atoms with Crippen LogP contribution < -0.4 is 34.9 Å². The predicted molar refractivity (Wildman–Crippen MR) is 180 cm³/mol. The van der Waals surface area contributed by atoms with Crippen LogP contribution in [0, 0.1) is 0 Å². The van der Waals surface area contributed by atoms with Crippen molar-refractivity contribution >= 4 is 44.4 Å². The van der Waals surface area contributed by atoms with E-state index in [4.69, 9.17) is 18.9 Å². The van der Waals surface area contributed by atoms with Crippen molar-refractivity contribution in [1.29, 1.82) is 0 Å². The van der Waals surface area contributed by atoms with Gasteiger partial charge < -0.3 is 56.5 Å². The summed E-state index contributed by atoms with van der Waals surface area (Å²) in [7, 11) is 14.9. The van der Waals surface area contributed by atoms with Gasteiger partial charge >= 0.3 is 53.7 Å². The SMILES string of the molecule is CC(=O)OOC(C)=O.CN(CC=O)C(=O)OC(C)(C)C.CNCCOC.COCCN(C)CCN(C)C(=O)OC(C)(C)C.[B-]OC(C)=O.[Na+]. The number of rotatable bonds is 11. The summed E-state index contributed by atoms with van der Waals surface area (Å²) in [6, 6.07) is 0. The van der Waals surface area contributed by atoms with Gasteiger partial charge in [0.15, 0.2) is 0 Å². The average Bonchev–Trinajstić information content (AvgIpc) is 2.96. The number of hydrogen-bond acceptors (Lipinski definition) is 15. The summed E-state index contributed by atoms with van der Waals surface area (Å²) in [4.78, 5) is 74.5. The predicted octanol–water partition coefficient (Wildman–Crippen LogP) is -0.999. The number of nitrogens with zero attached hydrogens (tertiary/aromatic N) is 3.